The van der Waals surface area contributed by atoms with Gasteiger partial charge < -0.3 is 5.32 Å². The molecule has 2 N–H and O–H groups in total. The number of hydrogen-bond acceptors (Lipinski definition) is 4. The van der Waals surface area contributed by atoms with Crippen molar-refractivity contribution in [3.05, 3.63) is 71.8 Å². The zero-order chi connectivity index (χ0) is 22.2. The number of nitrogens with one attached hydrogen (secondary N) is 2. The zero-order valence-electron chi connectivity index (χ0n) is 17.2. The van der Waals surface area contributed by atoms with E-state index in [-0.39, 0.29) is 22.7 Å². The fourth-order valence-electron chi connectivity index (χ4n) is 3.30. The molecule has 3 aromatic rings. The van der Waals surface area contributed by atoms with Gasteiger partial charge in [0, 0.05) is 11.7 Å². The van der Waals surface area contributed by atoms with Crippen LogP contribution in [0.15, 0.2) is 59.6 Å². The summed E-state index contributed by atoms with van der Waals surface area (Å²) in [6.45, 7) is 3.87. The number of halogens is 1. The molecule has 0 bridgehead atoms. The second-order valence-electron chi connectivity index (χ2n) is 7.86. The van der Waals surface area contributed by atoms with Gasteiger partial charge in [-0.25, -0.2) is 22.2 Å². The lowest BCUT2D eigenvalue weighted by molar-refractivity contribution is 0.102. The van der Waals surface area contributed by atoms with Crippen LogP contribution in [0.1, 0.15) is 48.7 Å². The fourth-order valence-corrected chi connectivity index (χ4v) is 4.66. The minimum atomic E-state index is -3.63. The number of anilines is 1. The number of hydrogen-bond donors (Lipinski definition) is 2. The number of carbonyl (C=O) groups is 1. The van der Waals surface area contributed by atoms with Crippen LogP contribution < -0.4 is 10.0 Å². The number of amides is 1. The first-order valence-electron chi connectivity index (χ1n) is 10.0. The van der Waals surface area contributed by atoms with E-state index in [0.29, 0.717) is 22.6 Å². The van der Waals surface area contributed by atoms with Crippen molar-refractivity contribution in [1.29, 1.82) is 0 Å². The molecule has 0 unspecified atom stereocenters. The standard InChI is InChI=1S/C22H23FN4O3S/c1-14(2)21-20(13-24-27(21)18-10-6-15(23)7-11-18)22(28)25-17-4-3-5-19(12-17)31(29,30)26-16-8-9-16/h3-7,10-14,16,26H,8-9H2,1-2H3,(H,25,28). The number of nitrogens with zero attached hydrogens (tertiary/aromatic N) is 2. The van der Waals surface area contributed by atoms with E-state index in [4.69, 9.17) is 0 Å². The molecule has 1 heterocycles. The van der Waals surface area contributed by atoms with Crippen molar-refractivity contribution < 1.29 is 17.6 Å². The molecule has 1 amide bonds. The summed E-state index contributed by atoms with van der Waals surface area (Å²) in [5.41, 5.74) is 2.04. The summed E-state index contributed by atoms with van der Waals surface area (Å²) in [5.74, 6) is -0.796. The topological polar surface area (TPSA) is 93.1 Å². The van der Waals surface area contributed by atoms with Crippen LogP contribution in [-0.2, 0) is 10.0 Å². The third-order valence-electron chi connectivity index (χ3n) is 4.97. The number of aromatic nitrogens is 2. The van der Waals surface area contributed by atoms with Gasteiger partial charge in [-0.2, -0.15) is 5.10 Å². The first-order chi connectivity index (χ1) is 14.7. The molecule has 9 heteroatoms. The van der Waals surface area contributed by atoms with Gasteiger partial charge in [0.15, 0.2) is 0 Å². The Hall–Kier alpha value is -3.04. The van der Waals surface area contributed by atoms with Gasteiger partial charge in [0.05, 0.1) is 28.0 Å². The van der Waals surface area contributed by atoms with Crippen molar-refractivity contribution in [2.24, 2.45) is 0 Å². The van der Waals surface area contributed by atoms with Crippen LogP contribution in [0.5, 0.6) is 0 Å². The van der Waals surface area contributed by atoms with E-state index >= 15 is 0 Å². The third kappa shape index (κ3) is 4.67. The Labute approximate surface area is 180 Å². The summed E-state index contributed by atoms with van der Waals surface area (Å²) in [7, 11) is -3.63. The van der Waals surface area contributed by atoms with Crippen LogP contribution in [0.2, 0.25) is 0 Å². The SMILES string of the molecule is CC(C)c1c(C(=O)Nc2cccc(S(=O)(=O)NC3CC3)c2)cnn1-c1ccc(F)cc1. The number of benzene rings is 2. The molecule has 1 aliphatic carbocycles. The Morgan fingerprint density at radius 1 is 1.16 bits per heavy atom. The molecule has 7 nitrogen and oxygen atoms in total. The predicted octanol–water partition coefficient (Wildman–Crippen LogP) is 3.83. The molecule has 1 aliphatic rings. The van der Waals surface area contributed by atoms with E-state index in [1.54, 1.807) is 28.9 Å². The Balaban J connectivity index is 1.60. The Kier molecular flexibility index (Phi) is 5.63. The average molecular weight is 443 g/mol. The van der Waals surface area contributed by atoms with Crippen molar-refractivity contribution in [2.45, 2.75) is 43.5 Å². The molecule has 4 rings (SSSR count). The van der Waals surface area contributed by atoms with Crippen LogP contribution in [0.4, 0.5) is 10.1 Å². The maximum absolute atomic E-state index is 13.3. The largest absolute Gasteiger partial charge is 0.322 e. The van der Waals surface area contributed by atoms with Gasteiger partial charge in [-0.1, -0.05) is 19.9 Å². The molecule has 1 fully saturated rings. The van der Waals surface area contributed by atoms with Crippen molar-refractivity contribution in [3.8, 4) is 5.69 Å². The summed E-state index contributed by atoms with van der Waals surface area (Å²) in [6, 6.07) is 12.0. The van der Waals surface area contributed by atoms with E-state index in [1.807, 2.05) is 13.8 Å². The molecule has 2 aromatic carbocycles. The lowest BCUT2D eigenvalue weighted by Gasteiger charge is -2.13. The monoisotopic (exact) mass is 442 g/mol. The number of sulfonamides is 1. The second kappa shape index (κ2) is 8.24. The molecule has 0 spiro atoms. The lowest BCUT2D eigenvalue weighted by atomic mass is 10.0. The molecule has 0 saturated heterocycles. The first-order valence-corrected chi connectivity index (χ1v) is 11.5. The quantitative estimate of drug-likeness (QED) is 0.582. The van der Waals surface area contributed by atoms with Gasteiger partial charge in [-0.05, 0) is 61.2 Å². The average Bonchev–Trinajstić information content (AvgIpc) is 3.40. The van der Waals surface area contributed by atoms with Crippen molar-refractivity contribution >= 4 is 21.6 Å². The van der Waals surface area contributed by atoms with Crippen LogP contribution in [0, 0.1) is 5.82 Å². The Morgan fingerprint density at radius 3 is 2.52 bits per heavy atom. The smallest absolute Gasteiger partial charge is 0.259 e. The van der Waals surface area contributed by atoms with Crippen LogP contribution in [0.25, 0.3) is 5.69 Å². The van der Waals surface area contributed by atoms with Crippen LogP contribution in [0.3, 0.4) is 0 Å². The van der Waals surface area contributed by atoms with Gasteiger partial charge in [-0.15, -0.1) is 0 Å². The van der Waals surface area contributed by atoms with Crippen molar-refractivity contribution in [3.63, 3.8) is 0 Å². The Morgan fingerprint density at radius 2 is 1.87 bits per heavy atom. The second-order valence-corrected chi connectivity index (χ2v) is 9.58. The van der Waals surface area contributed by atoms with Gasteiger partial charge in [0.25, 0.3) is 5.91 Å². The lowest BCUT2D eigenvalue weighted by Crippen LogP contribution is -2.25. The zero-order valence-corrected chi connectivity index (χ0v) is 18.0. The highest BCUT2D eigenvalue weighted by molar-refractivity contribution is 7.89. The summed E-state index contributed by atoms with van der Waals surface area (Å²) >= 11 is 0. The highest BCUT2D eigenvalue weighted by Crippen LogP contribution is 2.26. The molecule has 0 atom stereocenters. The van der Waals surface area contributed by atoms with E-state index in [0.717, 1.165) is 12.8 Å². The summed E-state index contributed by atoms with van der Waals surface area (Å²) < 4.78 is 42.4. The maximum Gasteiger partial charge on any atom is 0.259 e. The van der Waals surface area contributed by atoms with Gasteiger partial charge in [0.2, 0.25) is 10.0 Å². The van der Waals surface area contributed by atoms with E-state index in [2.05, 4.69) is 15.1 Å². The maximum atomic E-state index is 13.3. The fraction of sp³-hybridized carbons (Fsp3) is 0.273. The molecular weight excluding hydrogens is 419 g/mol. The van der Waals surface area contributed by atoms with Crippen molar-refractivity contribution in [2.75, 3.05) is 5.32 Å². The minimum Gasteiger partial charge on any atom is -0.322 e. The van der Waals surface area contributed by atoms with E-state index in [1.165, 1.54) is 30.5 Å². The van der Waals surface area contributed by atoms with Crippen LogP contribution in [-0.4, -0.2) is 30.1 Å². The molecular formula is C22H23FN4O3S. The Bertz CT molecular complexity index is 1220. The highest BCUT2D eigenvalue weighted by Gasteiger charge is 2.28. The van der Waals surface area contributed by atoms with Crippen molar-refractivity contribution in [1.82, 2.24) is 14.5 Å². The first kappa shape index (κ1) is 21.2. The van der Waals surface area contributed by atoms with E-state index < -0.39 is 15.9 Å². The summed E-state index contributed by atoms with van der Waals surface area (Å²) in [4.78, 5) is 13.1. The van der Waals surface area contributed by atoms with E-state index in [9.17, 15) is 17.6 Å². The molecule has 0 aliphatic heterocycles. The number of rotatable bonds is 7. The van der Waals surface area contributed by atoms with Crippen LogP contribution >= 0.6 is 0 Å². The van der Waals surface area contributed by atoms with Gasteiger partial charge in [-0.3, -0.25) is 4.79 Å². The predicted molar refractivity (Wildman–Crippen MR) is 115 cm³/mol. The summed E-state index contributed by atoms with van der Waals surface area (Å²) in [5, 5.41) is 7.09. The molecule has 1 saturated carbocycles. The number of carbonyl (C=O) groups excluding carboxylic acids is 1. The summed E-state index contributed by atoms with van der Waals surface area (Å²) in [6.07, 6.45) is 3.14. The normalized spacial score (nSPS) is 14.1. The third-order valence-corrected chi connectivity index (χ3v) is 6.49. The molecule has 162 valence electrons. The molecule has 31 heavy (non-hydrogen) atoms. The molecule has 1 aromatic heterocycles. The highest BCUT2D eigenvalue weighted by atomic mass is 32.2. The molecule has 0 radical (unpaired) electrons. The minimum absolute atomic E-state index is 0.00542. The van der Waals surface area contributed by atoms with Gasteiger partial charge >= 0.3 is 0 Å². The van der Waals surface area contributed by atoms with Gasteiger partial charge in [0.1, 0.15) is 5.82 Å².